The SMILES string of the molecule is Cc1cc(C)c(C[C@H](N)C(=O)N[C@@H]2CCNc3c(C)cc(Cc4ccccc4)cc32)c(C)c1. The van der Waals surface area contributed by atoms with E-state index in [0.29, 0.717) is 6.42 Å². The van der Waals surface area contributed by atoms with Gasteiger partial charge in [0, 0.05) is 12.2 Å². The first-order chi connectivity index (χ1) is 15.8. The van der Waals surface area contributed by atoms with Crippen molar-refractivity contribution in [2.24, 2.45) is 5.73 Å². The second kappa shape index (κ2) is 9.80. The average molecular weight is 442 g/mol. The maximum atomic E-state index is 13.1. The Hall–Kier alpha value is -3.11. The Labute approximate surface area is 197 Å². The summed E-state index contributed by atoms with van der Waals surface area (Å²) < 4.78 is 0. The van der Waals surface area contributed by atoms with Crippen molar-refractivity contribution in [2.75, 3.05) is 11.9 Å². The molecule has 0 radical (unpaired) electrons. The van der Waals surface area contributed by atoms with Crippen molar-refractivity contribution in [3.8, 4) is 0 Å². The molecular formula is C29H35N3O. The lowest BCUT2D eigenvalue weighted by Crippen LogP contribution is -2.45. The number of carbonyl (C=O) groups excluding carboxylic acids is 1. The molecule has 0 saturated carbocycles. The van der Waals surface area contributed by atoms with E-state index in [1.54, 1.807) is 0 Å². The molecule has 172 valence electrons. The highest BCUT2D eigenvalue weighted by molar-refractivity contribution is 5.83. The van der Waals surface area contributed by atoms with E-state index in [1.165, 1.54) is 38.9 Å². The van der Waals surface area contributed by atoms with E-state index in [2.05, 4.69) is 86.9 Å². The third-order valence-electron chi connectivity index (χ3n) is 6.70. The molecule has 4 rings (SSSR count). The van der Waals surface area contributed by atoms with Crippen LogP contribution in [0.4, 0.5) is 5.69 Å². The monoisotopic (exact) mass is 441 g/mol. The maximum absolute atomic E-state index is 13.1. The number of carbonyl (C=O) groups is 1. The fourth-order valence-electron chi connectivity index (χ4n) is 5.11. The molecule has 0 aromatic heterocycles. The second-order valence-corrected chi connectivity index (χ2v) is 9.50. The van der Waals surface area contributed by atoms with Gasteiger partial charge in [-0.1, -0.05) is 60.2 Å². The van der Waals surface area contributed by atoms with Crippen LogP contribution in [0.25, 0.3) is 0 Å². The van der Waals surface area contributed by atoms with E-state index >= 15 is 0 Å². The van der Waals surface area contributed by atoms with Crippen molar-refractivity contribution < 1.29 is 4.79 Å². The molecule has 3 aromatic rings. The molecule has 1 amide bonds. The van der Waals surface area contributed by atoms with Crippen LogP contribution in [-0.2, 0) is 17.6 Å². The van der Waals surface area contributed by atoms with Crippen LogP contribution in [0.1, 0.15) is 57.0 Å². The number of fused-ring (bicyclic) bond motifs is 1. The fraction of sp³-hybridized carbons (Fsp3) is 0.345. The number of benzene rings is 3. The number of anilines is 1. The smallest absolute Gasteiger partial charge is 0.237 e. The lowest BCUT2D eigenvalue weighted by atomic mass is 9.90. The van der Waals surface area contributed by atoms with Crippen molar-refractivity contribution in [1.29, 1.82) is 0 Å². The number of nitrogens with two attached hydrogens (primary N) is 1. The van der Waals surface area contributed by atoms with Gasteiger partial charge in [0.05, 0.1) is 12.1 Å². The van der Waals surface area contributed by atoms with Crippen LogP contribution in [0.3, 0.4) is 0 Å². The predicted molar refractivity (Wildman–Crippen MR) is 137 cm³/mol. The minimum Gasteiger partial charge on any atom is -0.384 e. The quantitative estimate of drug-likeness (QED) is 0.501. The van der Waals surface area contributed by atoms with Crippen molar-refractivity contribution >= 4 is 11.6 Å². The molecule has 2 atom stereocenters. The molecular weight excluding hydrogens is 406 g/mol. The first-order valence-electron chi connectivity index (χ1n) is 11.9. The van der Waals surface area contributed by atoms with Crippen LogP contribution < -0.4 is 16.4 Å². The molecule has 0 fully saturated rings. The molecule has 33 heavy (non-hydrogen) atoms. The molecule has 0 aliphatic carbocycles. The molecule has 1 aliphatic heterocycles. The van der Waals surface area contributed by atoms with Crippen molar-refractivity contribution in [1.82, 2.24) is 5.32 Å². The van der Waals surface area contributed by atoms with Crippen LogP contribution in [0.5, 0.6) is 0 Å². The number of hydrogen-bond acceptors (Lipinski definition) is 3. The minimum atomic E-state index is -0.572. The lowest BCUT2D eigenvalue weighted by Gasteiger charge is -2.30. The van der Waals surface area contributed by atoms with Gasteiger partial charge in [-0.25, -0.2) is 0 Å². The molecule has 3 aromatic carbocycles. The molecule has 0 bridgehead atoms. The highest BCUT2D eigenvalue weighted by Gasteiger charge is 2.26. The summed E-state index contributed by atoms with van der Waals surface area (Å²) in [6.07, 6.45) is 2.28. The molecule has 4 N–H and O–H groups in total. The van der Waals surface area contributed by atoms with E-state index in [1.807, 2.05) is 6.07 Å². The zero-order valence-electron chi connectivity index (χ0n) is 20.2. The zero-order chi connectivity index (χ0) is 23.5. The zero-order valence-corrected chi connectivity index (χ0v) is 20.2. The molecule has 4 heteroatoms. The standard InChI is InChI=1S/C29H35N3O/c1-18-12-19(2)24(20(3)13-18)17-26(30)29(33)32-27-10-11-31-28-21(4)14-23(16-25(27)28)15-22-8-6-5-7-9-22/h5-9,12-14,16,26-27,31H,10-11,15,17,30H2,1-4H3,(H,32,33)/t26-,27+/m0/s1. The first-order valence-corrected chi connectivity index (χ1v) is 11.9. The molecule has 0 spiro atoms. The van der Waals surface area contributed by atoms with Crippen LogP contribution in [-0.4, -0.2) is 18.5 Å². The van der Waals surface area contributed by atoms with Gasteiger partial charge in [-0.3, -0.25) is 4.79 Å². The largest absolute Gasteiger partial charge is 0.384 e. The Kier molecular flexibility index (Phi) is 6.85. The highest BCUT2D eigenvalue weighted by Crippen LogP contribution is 2.34. The number of nitrogens with one attached hydrogen (secondary N) is 2. The van der Waals surface area contributed by atoms with Crippen LogP contribution in [0.15, 0.2) is 54.6 Å². The van der Waals surface area contributed by atoms with Gasteiger partial charge in [0.15, 0.2) is 0 Å². The van der Waals surface area contributed by atoms with Crippen molar-refractivity contribution in [3.63, 3.8) is 0 Å². The summed E-state index contributed by atoms with van der Waals surface area (Å²) in [6.45, 7) is 9.26. The van der Waals surface area contributed by atoms with Crippen LogP contribution >= 0.6 is 0 Å². The van der Waals surface area contributed by atoms with Gasteiger partial charge in [-0.15, -0.1) is 0 Å². The third kappa shape index (κ3) is 5.28. The van der Waals surface area contributed by atoms with Crippen molar-refractivity contribution in [3.05, 3.63) is 99.1 Å². The number of hydrogen-bond donors (Lipinski definition) is 3. The second-order valence-electron chi connectivity index (χ2n) is 9.50. The number of rotatable bonds is 6. The van der Waals surface area contributed by atoms with Crippen LogP contribution in [0.2, 0.25) is 0 Å². The normalized spacial score (nSPS) is 16.0. The summed E-state index contributed by atoms with van der Waals surface area (Å²) >= 11 is 0. The van der Waals surface area contributed by atoms with Gasteiger partial charge in [-0.2, -0.15) is 0 Å². The topological polar surface area (TPSA) is 67.2 Å². The van der Waals surface area contributed by atoms with Gasteiger partial charge >= 0.3 is 0 Å². The highest BCUT2D eigenvalue weighted by atomic mass is 16.2. The number of amides is 1. The molecule has 0 saturated heterocycles. The molecule has 1 aliphatic rings. The van der Waals surface area contributed by atoms with Gasteiger partial charge in [0.1, 0.15) is 0 Å². The summed E-state index contributed by atoms with van der Waals surface area (Å²) in [5.74, 6) is -0.0849. The summed E-state index contributed by atoms with van der Waals surface area (Å²) in [4.78, 5) is 13.1. The fourth-order valence-corrected chi connectivity index (χ4v) is 5.11. The Balaban J connectivity index is 1.52. The maximum Gasteiger partial charge on any atom is 0.237 e. The minimum absolute atomic E-state index is 0.0329. The summed E-state index contributed by atoms with van der Waals surface area (Å²) in [5.41, 5.74) is 17.3. The van der Waals surface area contributed by atoms with Crippen molar-refractivity contribution in [2.45, 2.75) is 59.0 Å². The van der Waals surface area contributed by atoms with E-state index < -0.39 is 6.04 Å². The van der Waals surface area contributed by atoms with E-state index in [0.717, 1.165) is 30.6 Å². The summed E-state index contributed by atoms with van der Waals surface area (Å²) in [6, 6.07) is 18.7. The van der Waals surface area contributed by atoms with E-state index in [4.69, 9.17) is 5.73 Å². The molecule has 1 heterocycles. The predicted octanol–water partition coefficient (Wildman–Crippen LogP) is 5.05. The third-order valence-corrected chi connectivity index (χ3v) is 6.70. The number of aryl methyl sites for hydroxylation is 4. The summed E-state index contributed by atoms with van der Waals surface area (Å²) in [7, 11) is 0. The van der Waals surface area contributed by atoms with Gasteiger partial charge in [-0.05, 0) is 85.9 Å². The molecule has 0 unspecified atom stereocenters. The van der Waals surface area contributed by atoms with E-state index in [9.17, 15) is 4.79 Å². The lowest BCUT2D eigenvalue weighted by molar-refractivity contribution is -0.123. The Morgan fingerprint density at radius 2 is 1.70 bits per heavy atom. The average Bonchev–Trinajstić information content (AvgIpc) is 2.77. The molecule has 4 nitrogen and oxygen atoms in total. The Bertz CT molecular complexity index is 1130. The van der Waals surface area contributed by atoms with Gasteiger partial charge in [0.2, 0.25) is 5.91 Å². The van der Waals surface area contributed by atoms with E-state index in [-0.39, 0.29) is 11.9 Å². The van der Waals surface area contributed by atoms with Crippen LogP contribution in [0, 0.1) is 27.7 Å². The van der Waals surface area contributed by atoms with Gasteiger partial charge < -0.3 is 16.4 Å². The first kappa shape index (κ1) is 23.1. The Morgan fingerprint density at radius 1 is 1.00 bits per heavy atom. The summed E-state index contributed by atoms with van der Waals surface area (Å²) in [5, 5.41) is 6.79. The van der Waals surface area contributed by atoms with Gasteiger partial charge in [0.25, 0.3) is 0 Å². The Morgan fingerprint density at radius 3 is 2.39 bits per heavy atom.